The molecule has 2 heterocycles. The third-order valence-electron chi connectivity index (χ3n) is 3.54. The predicted molar refractivity (Wildman–Crippen MR) is 89.3 cm³/mol. The fraction of sp³-hybridized carbons (Fsp3) is 0.250. The molecule has 0 unspecified atom stereocenters. The van der Waals surface area contributed by atoms with Crippen LogP contribution in [0.4, 0.5) is 15.9 Å². The molecule has 1 aliphatic heterocycles. The van der Waals surface area contributed by atoms with Crippen molar-refractivity contribution in [3.8, 4) is 0 Å². The van der Waals surface area contributed by atoms with E-state index in [0.717, 1.165) is 18.8 Å². The monoisotopic (exact) mass is 379 g/mol. The fourth-order valence-corrected chi connectivity index (χ4v) is 2.68. The number of aromatic nitrogens is 1. The molecule has 1 aliphatic rings. The number of amides is 1. The molecule has 1 saturated heterocycles. The van der Waals surface area contributed by atoms with Crippen molar-refractivity contribution < 1.29 is 13.9 Å². The van der Waals surface area contributed by atoms with Crippen molar-refractivity contribution in [2.45, 2.75) is 0 Å². The van der Waals surface area contributed by atoms with Crippen LogP contribution in [0.5, 0.6) is 0 Å². The maximum Gasteiger partial charge on any atom is 0.259 e. The van der Waals surface area contributed by atoms with Gasteiger partial charge in [-0.3, -0.25) is 4.79 Å². The summed E-state index contributed by atoms with van der Waals surface area (Å²) >= 11 is 3.23. The molecule has 1 aromatic heterocycles. The summed E-state index contributed by atoms with van der Waals surface area (Å²) in [7, 11) is 0. The zero-order chi connectivity index (χ0) is 16.2. The Balaban J connectivity index is 1.70. The van der Waals surface area contributed by atoms with Gasteiger partial charge in [0.1, 0.15) is 11.6 Å². The summed E-state index contributed by atoms with van der Waals surface area (Å²) < 4.78 is 19.7. The van der Waals surface area contributed by atoms with Crippen LogP contribution in [0.15, 0.2) is 41.0 Å². The van der Waals surface area contributed by atoms with Gasteiger partial charge in [-0.05, 0) is 30.3 Å². The molecular formula is C16H15BrFN3O2. The molecule has 1 fully saturated rings. The van der Waals surface area contributed by atoms with Crippen molar-refractivity contribution in [3.05, 3.63) is 52.4 Å². The minimum absolute atomic E-state index is 0.0292. The molecule has 1 aromatic carbocycles. The predicted octanol–water partition coefficient (Wildman–Crippen LogP) is 3.07. The van der Waals surface area contributed by atoms with Gasteiger partial charge in [-0.15, -0.1) is 0 Å². The molecule has 120 valence electrons. The zero-order valence-corrected chi connectivity index (χ0v) is 13.8. The van der Waals surface area contributed by atoms with Crippen LogP contribution in [0.2, 0.25) is 0 Å². The van der Waals surface area contributed by atoms with Crippen LogP contribution in [-0.2, 0) is 4.74 Å². The second-order valence-corrected chi connectivity index (χ2v) is 6.00. The second kappa shape index (κ2) is 7.06. The number of hydrogen-bond donors (Lipinski definition) is 1. The molecule has 23 heavy (non-hydrogen) atoms. The Kier molecular flexibility index (Phi) is 4.88. The number of ether oxygens (including phenoxy) is 1. The van der Waals surface area contributed by atoms with Gasteiger partial charge in [-0.1, -0.05) is 15.9 Å². The molecule has 0 saturated carbocycles. The van der Waals surface area contributed by atoms with Gasteiger partial charge < -0.3 is 15.0 Å². The van der Waals surface area contributed by atoms with Crippen LogP contribution in [0.25, 0.3) is 0 Å². The summed E-state index contributed by atoms with van der Waals surface area (Å²) in [5.41, 5.74) is 0.943. The number of halogens is 2. The van der Waals surface area contributed by atoms with E-state index in [0.29, 0.717) is 23.5 Å². The van der Waals surface area contributed by atoms with Crippen LogP contribution in [0.1, 0.15) is 10.4 Å². The fourth-order valence-electron chi connectivity index (χ4n) is 2.32. The van der Waals surface area contributed by atoms with Gasteiger partial charge in [-0.25, -0.2) is 9.37 Å². The smallest absolute Gasteiger partial charge is 0.259 e. The molecule has 0 aliphatic carbocycles. The van der Waals surface area contributed by atoms with Gasteiger partial charge in [-0.2, -0.15) is 0 Å². The van der Waals surface area contributed by atoms with E-state index in [2.05, 4.69) is 31.1 Å². The minimum atomic E-state index is -0.573. The summed E-state index contributed by atoms with van der Waals surface area (Å²) in [6.07, 6.45) is 1.69. The molecule has 7 heteroatoms. The number of hydrogen-bond acceptors (Lipinski definition) is 4. The zero-order valence-electron chi connectivity index (χ0n) is 12.3. The topological polar surface area (TPSA) is 54.5 Å². The molecule has 3 rings (SSSR count). The van der Waals surface area contributed by atoms with Crippen LogP contribution < -0.4 is 10.2 Å². The average Bonchev–Trinajstić information content (AvgIpc) is 2.58. The van der Waals surface area contributed by atoms with E-state index < -0.39 is 11.7 Å². The lowest BCUT2D eigenvalue weighted by Crippen LogP contribution is -2.36. The number of morpholine rings is 1. The third kappa shape index (κ3) is 3.86. The lowest BCUT2D eigenvalue weighted by molar-refractivity contribution is 0.102. The van der Waals surface area contributed by atoms with Gasteiger partial charge in [0.05, 0.1) is 30.7 Å². The maximum absolute atomic E-state index is 13.7. The number of carbonyl (C=O) groups excluding carboxylic acids is 1. The van der Waals surface area contributed by atoms with E-state index in [1.165, 1.54) is 12.1 Å². The number of carbonyl (C=O) groups is 1. The van der Waals surface area contributed by atoms with Crippen molar-refractivity contribution in [2.75, 3.05) is 36.5 Å². The highest BCUT2D eigenvalue weighted by Crippen LogP contribution is 2.19. The lowest BCUT2D eigenvalue weighted by atomic mass is 10.2. The van der Waals surface area contributed by atoms with E-state index in [-0.39, 0.29) is 5.56 Å². The van der Waals surface area contributed by atoms with Crippen molar-refractivity contribution in [2.24, 2.45) is 0 Å². The molecule has 1 N–H and O–H groups in total. The molecule has 0 spiro atoms. The van der Waals surface area contributed by atoms with Gasteiger partial charge in [0.2, 0.25) is 0 Å². The summed E-state index contributed by atoms with van der Waals surface area (Å²) in [5.74, 6) is -0.725. The Morgan fingerprint density at radius 3 is 2.74 bits per heavy atom. The summed E-state index contributed by atoms with van der Waals surface area (Å²) in [6.45, 7) is 3.02. The number of anilines is 2. The summed E-state index contributed by atoms with van der Waals surface area (Å²) in [6, 6.07) is 7.81. The normalized spacial score (nSPS) is 14.6. The third-order valence-corrected chi connectivity index (χ3v) is 4.03. The van der Waals surface area contributed by atoms with E-state index in [9.17, 15) is 9.18 Å². The Labute approximate surface area is 141 Å². The SMILES string of the molecule is O=C(Nc1ccc(N2CCOCC2)cn1)c1cc(Br)ccc1F. The number of nitrogens with one attached hydrogen (secondary N) is 1. The second-order valence-electron chi connectivity index (χ2n) is 5.08. The summed E-state index contributed by atoms with van der Waals surface area (Å²) in [5, 5.41) is 2.60. The molecule has 0 bridgehead atoms. The highest BCUT2D eigenvalue weighted by molar-refractivity contribution is 9.10. The number of nitrogens with zero attached hydrogens (tertiary/aromatic N) is 2. The van der Waals surface area contributed by atoms with Crippen molar-refractivity contribution in [1.82, 2.24) is 4.98 Å². The van der Waals surface area contributed by atoms with E-state index in [4.69, 9.17) is 4.74 Å². The molecule has 0 atom stereocenters. The van der Waals surface area contributed by atoms with Gasteiger partial charge in [0, 0.05) is 17.6 Å². The first-order chi connectivity index (χ1) is 11.1. The first-order valence-electron chi connectivity index (χ1n) is 7.18. The number of rotatable bonds is 3. The quantitative estimate of drug-likeness (QED) is 0.890. The highest BCUT2D eigenvalue weighted by atomic mass is 79.9. The Hall–Kier alpha value is -1.99. The molecule has 5 nitrogen and oxygen atoms in total. The van der Waals surface area contributed by atoms with Crippen molar-refractivity contribution in [3.63, 3.8) is 0 Å². The standard InChI is InChI=1S/C16H15BrFN3O2/c17-11-1-3-14(18)13(9-11)16(22)20-15-4-2-12(10-19-15)21-5-7-23-8-6-21/h1-4,9-10H,5-8H2,(H,19,20,22). The Morgan fingerprint density at radius 1 is 1.26 bits per heavy atom. The van der Waals surface area contributed by atoms with E-state index in [1.54, 1.807) is 18.3 Å². The average molecular weight is 380 g/mol. The molecule has 0 radical (unpaired) electrons. The first kappa shape index (κ1) is 15.9. The Bertz CT molecular complexity index is 703. The van der Waals surface area contributed by atoms with Gasteiger partial charge in [0.25, 0.3) is 5.91 Å². The largest absolute Gasteiger partial charge is 0.378 e. The Morgan fingerprint density at radius 2 is 2.04 bits per heavy atom. The van der Waals surface area contributed by atoms with E-state index >= 15 is 0 Å². The molecular weight excluding hydrogens is 365 g/mol. The highest BCUT2D eigenvalue weighted by Gasteiger charge is 2.14. The number of benzene rings is 1. The molecule has 2 aromatic rings. The van der Waals surface area contributed by atoms with Crippen LogP contribution in [0.3, 0.4) is 0 Å². The van der Waals surface area contributed by atoms with Crippen LogP contribution in [-0.4, -0.2) is 37.2 Å². The minimum Gasteiger partial charge on any atom is -0.378 e. The van der Waals surface area contributed by atoms with Gasteiger partial charge >= 0.3 is 0 Å². The van der Waals surface area contributed by atoms with Crippen molar-refractivity contribution >= 4 is 33.3 Å². The van der Waals surface area contributed by atoms with E-state index in [1.807, 2.05) is 6.07 Å². The molecule has 1 amide bonds. The maximum atomic E-state index is 13.7. The van der Waals surface area contributed by atoms with Crippen molar-refractivity contribution in [1.29, 1.82) is 0 Å². The van der Waals surface area contributed by atoms with Gasteiger partial charge in [0.15, 0.2) is 0 Å². The number of pyridine rings is 1. The lowest BCUT2D eigenvalue weighted by Gasteiger charge is -2.28. The van der Waals surface area contributed by atoms with Crippen LogP contribution >= 0.6 is 15.9 Å². The summed E-state index contributed by atoms with van der Waals surface area (Å²) in [4.78, 5) is 18.5. The van der Waals surface area contributed by atoms with Crippen LogP contribution in [0, 0.1) is 5.82 Å². The first-order valence-corrected chi connectivity index (χ1v) is 7.98.